The van der Waals surface area contributed by atoms with E-state index >= 15 is 0 Å². The van der Waals surface area contributed by atoms with E-state index in [1.165, 1.54) is 0 Å². The molecular weight excluding hydrogens is 358 g/mol. The van der Waals surface area contributed by atoms with Crippen LogP contribution < -0.4 is 5.32 Å². The molecule has 114 valence electrons. The summed E-state index contributed by atoms with van der Waals surface area (Å²) in [7, 11) is 0. The van der Waals surface area contributed by atoms with Crippen LogP contribution in [0.3, 0.4) is 0 Å². The minimum atomic E-state index is 0.648. The van der Waals surface area contributed by atoms with E-state index in [4.69, 9.17) is 4.42 Å². The van der Waals surface area contributed by atoms with Gasteiger partial charge in [0.1, 0.15) is 5.82 Å². The molecule has 7 heteroatoms. The SMILES string of the molecule is Brc1cnn2c(NCc3cccnc3)cc(-c3ccoc3)nc12. The summed E-state index contributed by atoms with van der Waals surface area (Å²) in [5.74, 6) is 0.848. The van der Waals surface area contributed by atoms with Crippen LogP contribution in [-0.4, -0.2) is 19.6 Å². The van der Waals surface area contributed by atoms with E-state index in [9.17, 15) is 0 Å². The third-order valence-corrected chi connectivity index (χ3v) is 4.00. The molecule has 0 bridgehead atoms. The topological polar surface area (TPSA) is 68.2 Å². The van der Waals surface area contributed by atoms with Gasteiger partial charge in [-0.15, -0.1) is 0 Å². The summed E-state index contributed by atoms with van der Waals surface area (Å²) in [6.07, 6.45) is 8.64. The number of fused-ring (bicyclic) bond motifs is 1. The van der Waals surface area contributed by atoms with Gasteiger partial charge in [0.15, 0.2) is 5.65 Å². The fourth-order valence-corrected chi connectivity index (χ4v) is 2.66. The molecule has 0 atom stereocenters. The van der Waals surface area contributed by atoms with Crippen LogP contribution in [0.5, 0.6) is 0 Å². The van der Waals surface area contributed by atoms with Crippen molar-refractivity contribution in [2.45, 2.75) is 6.54 Å². The van der Waals surface area contributed by atoms with E-state index in [1.807, 2.05) is 30.5 Å². The number of hydrogen-bond donors (Lipinski definition) is 1. The lowest BCUT2D eigenvalue weighted by Gasteiger charge is -2.10. The summed E-state index contributed by atoms with van der Waals surface area (Å²) < 4.78 is 7.77. The van der Waals surface area contributed by atoms with Gasteiger partial charge in [-0.1, -0.05) is 6.07 Å². The lowest BCUT2D eigenvalue weighted by Crippen LogP contribution is -2.06. The lowest BCUT2D eigenvalue weighted by molar-refractivity contribution is 0.568. The molecule has 0 amide bonds. The van der Waals surface area contributed by atoms with E-state index < -0.39 is 0 Å². The highest BCUT2D eigenvalue weighted by atomic mass is 79.9. The van der Waals surface area contributed by atoms with E-state index in [1.54, 1.807) is 29.4 Å². The Morgan fingerprint density at radius 3 is 3.00 bits per heavy atom. The number of anilines is 1. The van der Waals surface area contributed by atoms with Crippen molar-refractivity contribution < 1.29 is 4.42 Å². The summed E-state index contributed by atoms with van der Waals surface area (Å²) in [6.45, 7) is 0.648. The third kappa shape index (κ3) is 2.70. The number of pyridine rings is 1. The van der Waals surface area contributed by atoms with Gasteiger partial charge in [-0.2, -0.15) is 9.61 Å². The molecule has 0 aliphatic heterocycles. The van der Waals surface area contributed by atoms with Crippen LogP contribution in [0.1, 0.15) is 5.56 Å². The largest absolute Gasteiger partial charge is 0.472 e. The molecule has 4 heterocycles. The Hall–Kier alpha value is -2.67. The maximum absolute atomic E-state index is 5.16. The maximum Gasteiger partial charge on any atom is 0.172 e. The van der Waals surface area contributed by atoms with Crippen molar-refractivity contribution in [2.75, 3.05) is 5.32 Å². The van der Waals surface area contributed by atoms with Gasteiger partial charge in [-0.05, 0) is 33.6 Å². The minimum absolute atomic E-state index is 0.648. The fourth-order valence-electron chi connectivity index (χ4n) is 2.32. The lowest BCUT2D eigenvalue weighted by atomic mass is 10.2. The number of halogens is 1. The molecule has 0 unspecified atom stereocenters. The Bertz CT molecular complexity index is 934. The molecule has 4 aromatic rings. The number of nitrogens with zero attached hydrogens (tertiary/aromatic N) is 4. The van der Waals surface area contributed by atoms with Crippen molar-refractivity contribution in [3.63, 3.8) is 0 Å². The molecule has 0 spiro atoms. The average Bonchev–Trinajstić information content (AvgIpc) is 3.24. The Morgan fingerprint density at radius 1 is 1.26 bits per heavy atom. The third-order valence-electron chi connectivity index (χ3n) is 3.44. The van der Waals surface area contributed by atoms with Crippen LogP contribution >= 0.6 is 15.9 Å². The van der Waals surface area contributed by atoms with Gasteiger partial charge in [0.2, 0.25) is 0 Å². The second-order valence-corrected chi connectivity index (χ2v) is 5.84. The zero-order valence-corrected chi connectivity index (χ0v) is 13.6. The molecule has 0 saturated carbocycles. The highest BCUT2D eigenvalue weighted by Crippen LogP contribution is 2.26. The van der Waals surface area contributed by atoms with E-state index in [2.05, 4.69) is 36.3 Å². The number of aromatic nitrogens is 4. The van der Waals surface area contributed by atoms with Crippen LogP contribution in [0.15, 0.2) is 64.3 Å². The van der Waals surface area contributed by atoms with E-state index in [-0.39, 0.29) is 0 Å². The van der Waals surface area contributed by atoms with Gasteiger partial charge in [0.05, 0.1) is 28.9 Å². The molecular formula is C16H12BrN5O. The van der Waals surface area contributed by atoms with Crippen molar-refractivity contribution in [3.8, 4) is 11.3 Å². The van der Waals surface area contributed by atoms with Crippen molar-refractivity contribution in [2.24, 2.45) is 0 Å². The molecule has 0 saturated heterocycles. The van der Waals surface area contributed by atoms with Crippen molar-refractivity contribution in [3.05, 3.63) is 65.4 Å². The highest BCUT2D eigenvalue weighted by Gasteiger charge is 2.12. The molecule has 4 aromatic heterocycles. The first-order chi connectivity index (χ1) is 11.3. The van der Waals surface area contributed by atoms with Crippen LogP contribution in [0.4, 0.5) is 5.82 Å². The quantitative estimate of drug-likeness (QED) is 0.593. The predicted molar refractivity (Wildman–Crippen MR) is 90.0 cm³/mol. The molecule has 0 aliphatic rings. The average molecular weight is 370 g/mol. The summed E-state index contributed by atoms with van der Waals surface area (Å²) in [4.78, 5) is 8.76. The van der Waals surface area contributed by atoms with Crippen molar-refractivity contribution in [1.82, 2.24) is 19.6 Å². The summed E-state index contributed by atoms with van der Waals surface area (Å²) in [6, 6.07) is 7.77. The number of rotatable bonds is 4. The maximum atomic E-state index is 5.16. The van der Waals surface area contributed by atoms with Gasteiger partial charge < -0.3 is 9.73 Å². The summed E-state index contributed by atoms with van der Waals surface area (Å²) in [5.41, 5.74) is 3.58. The Morgan fingerprint density at radius 2 is 2.22 bits per heavy atom. The Kier molecular flexibility index (Phi) is 3.55. The summed E-state index contributed by atoms with van der Waals surface area (Å²) in [5, 5.41) is 7.75. The van der Waals surface area contributed by atoms with Crippen LogP contribution in [0.25, 0.3) is 16.9 Å². The standard InChI is InChI=1S/C16H12BrN5O/c17-13-9-20-22-15(19-8-11-2-1-4-18-7-11)6-14(21-16(13)22)12-3-5-23-10-12/h1-7,9-10,19H,8H2. The number of nitrogens with one attached hydrogen (secondary N) is 1. The van der Waals surface area contributed by atoms with E-state index in [0.717, 1.165) is 32.8 Å². The van der Waals surface area contributed by atoms with Crippen LogP contribution in [0.2, 0.25) is 0 Å². The molecule has 23 heavy (non-hydrogen) atoms. The normalized spacial score (nSPS) is 11.0. The molecule has 0 aromatic carbocycles. The highest BCUT2D eigenvalue weighted by molar-refractivity contribution is 9.10. The second kappa shape index (κ2) is 5.85. The fraction of sp³-hybridized carbons (Fsp3) is 0.0625. The first-order valence-electron chi connectivity index (χ1n) is 7.01. The van der Waals surface area contributed by atoms with Gasteiger partial charge in [0, 0.05) is 30.6 Å². The molecule has 1 N–H and O–H groups in total. The van der Waals surface area contributed by atoms with Crippen LogP contribution in [0, 0.1) is 0 Å². The Balaban J connectivity index is 1.75. The molecule has 4 rings (SSSR count). The van der Waals surface area contributed by atoms with Gasteiger partial charge in [-0.3, -0.25) is 4.98 Å². The molecule has 0 fully saturated rings. The smallest absolute Gasteiger partial charge is 0.172 e. The Labute approximate surface area is 140 Å². The van der Waals surface area contributed by atoms with Crippen molar-refractivity contribution in [1.29, 1.82) is 0 Å². The van der Waals surface area contributed by atoms with Gasteiger partial charge in [0.25, 0.3) is 0 Å². The predicted octanol–water partition coefficient (Wildman–Crippen LogP) is 3.76. The number of hydrogen-bond acceptors (Lipinski definition) is 5. The number of furan rings is 1. The van der Waals surface area contributed by atoms with Gasteiger partial charge >= 0.3 is 0 Å². The van der Waals surface area contributed by atoms with Gasteiger partial charge in [-0.25, -0.2) is 4.98 Å². The zero-order valence-electron chi connectivity index (χ0n) is 12.0. The summed E-state index contributed by atoms with van der Waals surface area (Å²) >= 11 is 3.49. The molecule has 0 aliphatic carbocycles. The van der Waals surface area contributed by atoms with Crippen LogP contribution in [-0.2, 0) is 6.54 Å². The van der Waals surface area contributed by atoms with E-state index in [0.29, 0.717) is 6.54 Å². The first kappa shape index (κ1) is 14.0. The molecule has 0 radical (unpaired) electrons. The molecule has 6 nitrogen and oxygen atoms in total. The second-order valence-electron chi connectivity index (χ2n) is 4.98. The first-order valence-corrected chi connectivity index (χ1v) is 7.80. The monoisotopic (exact) mass is 369 g/mol. The van der Waals surface area contributed by atoms with Crippen molar-refractivity contribution >= 4 is 27.4 Å². The minimum Gasteiger partial charge on any atom is -0.472 e. The zero-order chi connectivity index (χ0) is 15.6.